The Labute approximate surface area is 208 Å². The molecule has 3 rings (SSSR count). The summed E-state index contributed by atoms with van der Waals surface area (Å²) in [5, 5.41) is 10.1. The van der Waals surface area contributed by atoms with Gasteiger partial charge in [-0.05, 0) is 0 Å². The minimum atomic E-state index is 0.621. The molecule has 0 amide bonds. The topological polar surface area (TPSA) is 30.5 Å². The van der Waals surface area contributed by atoms with E-state index in [1.54, 1.807) is 0 Å². The van der Waals surface area contributed by atoms with Gasteiger partial charge >= 0.3 is 209 Å². The summed E-state index contributed by atoms with van der Waals surface area (Å²) < 4.78 is 3.06. The first kappa shape index (κ1) is 25.9. The maximum absolute atomic E-state index is 3.70. The van der Waals surface area contributed by atoms with Crippen LogP contribution < -0.4 is 19.6 Å². The Morgan fingerprint density at radius 1 is 0.562 bits per heavy atom. The molecule has 0 aliphatic carbocycles. The van der Waals surface area contributed by atoms with Crippen molar-refractivity contribution >= 4 is 38.8 Å². The zero-order chi connectivity index (χ0) is 22.1. The molecule has 2 aromatic carbocycles. The van der Waals surface area contributed by atoms with Crippen molar-refractivity contribution in [2.75, 3.05) is 65.4 Å². The van der Waals surface area contributed by atoms with E-state index in [0.29, 0.717) is 29.9 Å². The van der Waals surface area contributed by atoms with E-state index in [2.05, 4.69) is 81.1 Å². The molecule has 32 heavy (non-hydrogen) atoms. The maximum atomic E-state index is 3.70. The molecule has 6 heteroatoms. The number of nitrogens with zero attached hydrogens (tertiary/aromatic N) is 2. The molecular weight excluding hydrogens is 526 g/mol. The van der Waals surface area contributed by atoms with Crippen LogP contribution >= 0.6 is 0 Å². The molecule has 4 nitrogen and oxygen atoms in total. The van der Waals surface area contributed by atoms with Crippen molar-refractivity contribution < 1.29 is 0 Å². The van der Waals surface area contributed by atoms with E-state index >= 15 is 0 Å². The second-order valence-corrected chi connectivity index (χ2v) is 13.1. The molecule has 0 atom stereocenters. The van der Waals surface area contributed by atoms with Crippen molar-refractivity contribution in [3.63, 3.8) is 0 Å². The number of rotatable bonds is 10. The van der Waals surface area contributed by atoms with Crippen LogP contribution in [-0.2, 0) is 0 Å². The summed E-state index contributed by atoms with van der Waals surface area (Å²) in [4.78, 5) is 5.29. The van der Waals surface area contributed by atoms with Crippen molar-refractivity contribution in [2.45, 2.75) is 23.5 Å². The predicted octanol–water partition coefficient (Wildman–Crippen LogP) is 1.46. The first-order valence-electron chi connectivity index (χ1n) is 12.1. The van der Waals surface area contributed by atoms with E-state index in [0.717, 1.165) is 26.2 Å². The third kappa shape index (κ3) is 11.4. The van der Waals surface area contributed by atoms with Gasteiger partial charge in [-0.3, -0.25) is 0 Å². The number of hydrogen-bond acceptors (Lipinski definition) is 4. The fourth-order valence-corrected chi connectivity index (χ4v) is 7.46. The van der Waals surface area contributed by atoms with Gasteiger partial charge in [0.2, 0.25) is 0 Å². The molecule has 1 heterocycles. The van der Waals surface area contributed by atoms with E-state index in [9.17, 15) is 0 Å². The van der Waals surface area contributed by atoms with E-state index < -0.39 is 0 Å². The van der Waals surface area contributed by atoms with Crippen LogP contribution in [0.5, 0.6) is 0 Å². The van der Waals surface area contributed by atoms with Gasteiger partial charge in [0.15, 0.2) is 0 Å². The molecule has 0 aromatic heterocycles. The second kappa shape index (κ2) is 16.9. The van der Waals surface area contributed by atoms with Gasteiger partial charge in [0.05, 0.1) is 0 Å². The van der Waals surface area contributed by atoms with Crippen LogP contribution in [0.1, 0.15) is 12.8 Å². The molecule has 0 radical (unpaired) electrons. The van der Waals surface area contributed by atoms with Crippen molar-refractivity contribution in [2.24, 2.45) is 0 Å². The Bertz CT molecular complexity index is 628. The van der Waals surface area contributed by atoms with Gasteiger partial charge in [-0.2, -0.15) is 0 Å². The quantitative estimate of drug-likeness (QED) is 0.337. The van der Waals surface area contributed by atoms with E-state index in [4.69, 9.17) is 0 Å². The molecule has 0 spiro atoms. The molecule has 1 aliphatic heterocycles. The van der Waals surface area contributed by atoms with Crippen LogP contribution in [0.4, 0.5) is 0 Å². The standard InChI is InChI=1S/C26H40N4Se2/c1-3-9-25(10-4-1)31-23-7-17-29-19-13-27-15-21-30(22-16-28-14-20-29)18-8-24-32-26-11-5-2-6-12-26/h1-6,9-12,27-28H,7-8,13-24H2. The Hall–Kier alpha value is -0.681. The molecule has 176 valence electrons. The molecule has 0 bridgehead atoms. The fraction of sp³-hybridized carbons (Fsp3) is 0.538. The third-order valence-electron chi connectivity index (χ3n) is 5.68. The van der Waals surface area contributed by atoms with Gasteiger partial charge in [0.25, 0.3) is 0 Å². The molecule has 1 aliphatic rings. The molecule has 1 saturated heterocycles. The molecular formula is C26H40N4Se2. The van der Waals surface area contributed by atoms with E-state index in [1.807, 2.05) is 0 Å². The van der Waals surface area contributed by atoms with E-state index in [-0.39, 0.29) is 0 Å². The van der Waals surface area contributed by atoms with Gasteiger partial charge in [-0.1, -0.05) is 0 Å². The Morgan fingerprint density at radius 2 is 0.938 bits per heavy atom. The second-order valence-electron chi connectivity index (χ2n) is 8.21. The summed E-state index contributed by atoms with van der Waals surface area (Å²) in [6, 6.07) is 22.0. The first-order chi connectivity index (χ1) is 15.9. The minimum absolute atomic E-state index is 0.621. The summed E-state index contributed by atoms with van der Waals surface area (Å²) in [7, 11) is 0. The van der Waals surface area contributed by atoms with Gasteiger partial charge in [0, 0.05) is 0 Å². The van der Waals surface area contributed by atoms with Crippen molar-refractivity contribution in [3.8, 4) is 0 Å². The predicted molar refractivity (Wildman–Crippen MR) is 141 cm³/mol. The third-order valence-corrected chi connectivity index (χ3v) is 10.3. The van der Waals surface area contributed by atoms with Crippen molar-refractivity contribution in [3.05, 3.63) is 60.7 Å². The molecule has 0 saturated carbocycles. The zero-order valence-electron chi connectivity index (χ0n) is 19.4. The van der Waals surface area contributed by atoms with Crippen LogP contribution in [0.25, 0.3) is 0 Å². The summed E-state index contributed by atoms with van der Waals surface area (Å²) in [5.41, 5.74) is 0. The van der Waals surface area contributed by atoms with Crippen molar-refractivity contribution in [1.29, 1.82) is 0 Å². The number of nitrogens with one attached hydrogen (secondary N) is 2. The monoisotopic (exact) mass is 568 g/mol. The summed E-state index contributed by atoms with van der Waals surface area (Å²) in [6.07, 6.45) is 2.63. The first-order valence-corrected chi connectivity index (χ1v) is 16.3. The van der Waals surface area contributed by atoms with Gasteiger partial charge in [-0.15, -0.1) is 0 Å². The van der Waals surface area contributed by atoms with Crippen LogP contribution in [0.15, 0.2) is 60.7 Å². The SMILES string of the molecule is c1ccc([Se]CCCN2CCNCCN(CCC[Se]c3ccccc3)CCNCC2)cc1. The summed E-state index contributed by atoms with van der Waals surface area (Å²) in [5.74, 6) is 0. The van der Waals surface area contributed by atoms with Gasteiger partial charge in [-0.25, -0.2) is 0 Å². The average Bonchev–Trinajstić information content (AvgIpc) is 2.83. The van der Waals surface area contributed by atoms with E-state index in [1.165, 1.54) is 71.7 Å². The fourth-order valence-electron chi connectivity index (χ4n) is 3.86. The van der Waals surface area contributed by atoms with Crippen LogP contribution in [0.3, 0.4) is 0 Å². The summed E-state index contributed by atoms with van der Waals surface area (Å²) in [6.45, 7) is 11.5. The van der Waals surface area contributed by atoms with Crippen LogP contribution in [0, 0.1) is 0 Å². The summed E-state index contributed by atoms with van der Waals surface area (Å²) >= 11 is 1.24. The van der Waals surface area contributed by atoms with Crippen LogP contribution in [-0.4, -0.2) is 105 Å². The Kier molecular flexibility index (Phi) is 13.7. The van der Waals surface area contributed by atoms with Crippen LogP contribution in [0.2, 0.25) is 10.6 Å². The average molecular weight is 567 g/mol. The van der Waals surface area contributed by atoms with Gasteiger partial charge < -0.3 is 0 Å². The molecule has 1 fully saturated rings. The number of hydrogen-bond donors (Lipinski definition) is 2. The van der Waals surface area contributed by atoms with Crippen molar-refractivity contribution in [1.82, 2.24) is 20.4 Å². The Balaban J connectivity index is 1.27. The van der Waals surface area contributed by atoms with Gasteiger partial charge in [0.1, 0.15) is 0 Å². The Morgan fingerprint density at radius 3 is 1.31 bits per heavy atom. The molecule has 2 N–H and O–H groups in total. The number of benzene rings is 2. The normalized spacial score (nSPS) is 17.5. The molecule has 2 aromatic rings. The zero-order valence-corrected chi connectivity index (χ0v) is 22.8. The molecule has 0 unspecified atom stereocenters.